The lowest BCUT2D eigenvalue weighted by atomic mass is 10.3. The van der Waals surface area contributed by atoms with Gasteiger partial charge in [0.1, 0.15) is 25.4 Å². The highest BCUT2D eigenvalue weighted by molar-refractivity contribution is 5.60. The van der Waals surface area contributed by atoms with E-state index in [0.29, 0.717) is 13.1 Å². The van der Waals surface area contributed by atoms with Crippen LogP contribution in [0.4, 0.5) is 9.59 Å². The molecule has 0 heterocycles. The molecule has 0 saturated heterocycles. The van der Waals surface area contributed by atoms with Gasteiger partial charge in [-0.05, 0) is 33.2 Å². The standard InChI is InChI=1S/C16H31NO6/c1-6-13(4)22-15(18)20-11-9-17(8-3)10-12-21-16(19)23-14(5)7-2/h13-14H,6-12H2,1-5H3. The first-order valence-corrected chi connectivity index (χ1v) is 8.31. The van der Waals surface area contributed by atoms with Crippen molar-refractivity contribution < 1.29 is 28.5 Å². The summed E-state index contributed by atoms with van der Waals surface area (Å²) in [7, 11) is 0. The zero-order valence-corrected chi connectivity index (χ0v) is 15.0. The topological polar surface area (TPSA) is 74.3 Å². The molecular weight excluding hydrogens is 302 g/mol. The van der Waals surface area contributed by atoms with Crippen molar-refractivity contribution >= 4 is 12.3 Å². The molecule has 0 radical (unpaired) electrons. The van der Waals surface area contributed by atoms with Crippen LogP contribution in [-0.4, -0.2) is 62.3 Å². The second-order valence-electron chi connectivity index (χ2n) is 5.30. The van der Waals surface area contributed by atoms with Gasteiger partial charge in [-0.25, -0.2) is 9.59 Å². The predicted octanol–water partition coefficient (Wildman–Crippen LogP) is 3.21. The third-order valence-electron chi connectivity index (χ3n) is 3.45. The van der Waals surface area contributed by atoms with Gasteiger partial charge < -0.3 is 18.9 Å². The minimum atomic E-state index is -0.649. The quantitative estimate of drug-likeness (QED) is 0.537. The Balaban J connectivity index is 3.82. The van der Waals surface area contributed by atoms with Gasteiger partial charge >= 0.3 is 12.3 Å². The molecule has 136 valence electrons. The van der Waals surface area contributed by atoms with E-state index in [2.05, 4.69) is 0 Å². The molecule has 2 unspecified atom stereocenters. The van der Waals surface area contributed by atoms with Crippen molar-refractivity contribution in [2.24, 2.45) is 0 Å². The maximum atomic E-state index is 11.4. The maximum Gasteiger partial charge on any atom is 0.508 e. The number of rotatable bonds is 11. The normalized spacial score (nSPS) is 13.3. The Kier molecular flexibility index (Phi) is 12.1. The molecule has 0 bridgehead atoms. The highest BCUT2D eigenvalue weighted by atomic mass is 16.7. The number of carbonyl (C=O) groups excluding carboxylic acids is 2. The number of hydrogen-bond acceptors (Lipinski definition) is 7. The lowest BCUT2D eigenvalue weighted by molar-refractivity contribution is 0.0156. The highest BCUT2D eigenvalue weighted by Gasteiger charge is 2.12. The Labute approximate surface area is 139 Å². The van der Waals surface area contributed by atoms with Crippen LogP contribution in [0.1, 0.15) is 47.5 Å². The van der Waals surface area contributed by atoms with E-state index in [9.17, 15) is 9.59 Å². The fourth-order valence-electron chi connectivity index (χ4n) is 1.51. The molecule has 0 aromatic heterocycles. The third kappa shape index (κ3) is 11.7. The number of likely N-dealkylation sites (N-methyl/N-ethyl adjacent to an activating group) is 1. The molecule has 0 saturated carbocycles. The predicted molar refractivity (Wildman–Crippen MR) is 86.5 cm³/mol. The molecule has 0 aromatic carbocycles. The summed E-state index contributed by atoms with van der Waals surface area (Å²) in [6.07, 6.45) is -0.0856. The zero-order valence-electron chi connectivity index (χ0n) is 15.0. The third-order valence-corrected chi connectivity index (χ3v) is 3.45. The van der Waals surface area contributed by atoms with E-state index in [0.717, 1.165) is 19.4 Å². The average Bonchev–Trinajstić information content (AvgIpc) is 2.52. The van der Waals surface area contributed by atoms with Gasteiger partial charge in [-0.1, -0.05) is 20.8 Å². The maximum absolute atomic E-state index is 11.4. The molecule has 23 heavy (non-hydrogen) atoms. The van der Waals surface area contributed by atoms with Gasteiger partial charge in [-0.3, -0.25) is 4.90 Å². The van der Waals surface area contributed by atoms with Crippen molar-refractivity contribution in [2.75, 3.05) is 32.8 Å². The molecule has 7 heteroatoms. The van der Waals surface area contributed by atoms with Gasteiger partial charge in [-0.2, -0.15) is 0 Å². The van der Waals surface area contributed by atoms with Crippen molar-refractivity contribution in [2.45, 2.75) is 59.7 Å². The Hall–Kier alpha value is -1.50. The number of carbonyl (C=O) groups is 2. The number of nitrogens with zero attached hydrogens (tertiary/aromatic N) is 1. The summed E-state index contributed by atoms with van der Waals surface area (Å²) >= 11 is 0. The van der Waals surface area contributed by atoms with Crippen LogP contribution in [0.3, 0.4) is 0 Å². The highest BCUT2D eigenvalue weighted by Crippen LogP contribution is 2.00. The van der Waals surface area contributed by atoms with Gasteiger partial charge in [0.05, 0.1) is 0 Å². The van der Waals surface area contributed by atoms with Crippen LogP contribution < -0.4 is 0 Å². The molecule has 0 aliphatic carbocycles. The zero-order chi connectivity index (χ0) is 17.7. The summed E-state index contributed by atoms with van der Waals surface area (Å²) in [6, 6.07) is 0. The van der Waals surface area contributed by atoms with Crippen molar-refractivity contribution in [3.05, 3.63) is 0 Å². The van der Waals surface area contributed by atoms with Gasteiger partial charge in [0.15, 0.2) is 0 Å². The van der Waals surface area contributed by atoms with Crippen LogP contribution >= 0.6 is 0 Å². The fourth-order valence-corrected chi connectivity index (χ4v) is 1.51. The number of ether oxygens (including phenoxy) is 4. The van der Waals surface area contributed by atoms with E-state index in [4.69, 9.17) is 18.9 Å². The SMILES string of the molecule is CCC(C)OC(=O)OCCN(CC)CCOC(=O)OC(C)CC. The molecule has 0 rings (SSSR count). The second kappa shape index (κ2) is 13.0. The molecular formula is C16H31NO6. The molecule has 2 atom stereocenters. The Bertz CT molecular complexity index is 307. The first-order chi connectivity index (χ1) is 10.9. The van der Waals surface area contributed by atoms with Crippen LogP contribution in [0.25, 0.3) is 0 Å². The van der Waals surface area contributed by atoms with Crippen LogP contribution in [0.5, 0.6) is 0 Å². The largest absolute Gasteiger partial charge is 0.508 e. The number of hydrogen-bond donors (Lipinski definition) is 0. The van der Waals surface area contributed by atoms with E-state index >= 15 is 0 Å². The van der Waals surface area contributed by atoms with Gasteiger partial charge in [-0.15, -0.1) is 0 Å². The first-order valence-electron chi connectivity index (χ1n) is 8.31. The Morgan fingerprint density at radius 1 is 0.826 bits per heavy atom. The minimum Gasteiger partial charge on any atom is -0.433 e. The molecule has 0 fully saturated rings. The summed E-state index contributed by atoms with van der Waals surface area (Å²) in [5.74, 6) is 0. The lowest BCUT2D eigenvalue weighted by Crippen LogP contribution is -2.32. The molecule has 0 aliphatic heterocycles. The summed E-state index contributed by atoms with van der Waals surface area (Å²) in [5, 5.41) is 0. The molecule has 7 nitrogen and oxygen atoms in total. The van der Waals surface area contributed by atoms with Crippen molar-refractivity contribution in [3.8, 4) is 0 Å². The lowest BCUT2D eigenvalue weighted by Gasteiger charge is -2.20. The summed E-state index contributed by atoms with van der Waals surface area (Å²) in [6.45, 7) is 11.8. The van der Waals surface area contributed by atoms with Crippen molar-refractivity contribution in [1.29, 1.82) is 0 Å². The van der Waals surface area contributed by atoms with E-state index in [1.807, 2.05) is 39.5 Å². The van der Waals surface area contributed by atoms with Gasteiger partial charge in [0, 0.05) is 13.1 Å². The van der Waals surface area contributed by atoms with E-state index in [1.165, 1.54) is 0 Å². The molecule has 0 aliphatic rings. The van der Waals surface area contributed by atoms with Crippen LogP contribution in [0, 0.1) is 0 Å². The summed E-state index contributed by atoms with van der Waals surface area (Å²) < 4.78 is 20.0. The van der Waals surface area contributed by atoms with Crippen molar-refractivity contribution in [1.82, 2.24) is 4.90 Å². The fraction of sp³-hybridized carbons (Fsp3) is 0.875. The van der Waals surface area contributed by atoms with Crippen molar-refractivity contribution in [3.63, 3.8) is 0 Å². The Morgan fingerprint density at radius 2 is 1.22 bits per heavy atom. The average molecular weight is 333 g/mol. The monoisotopic (exact) mass is 333 g/mol. The van der Waals surface area contributed by atoms with Crippen LogP contribution in [-0.2, 0) is 18.9 Å². The van der Waals surface area contributed by atoms with E-state index in [-0.39, 0.29) is 25.4 Å². The summed E-state index contributed by atoms with van der Waals surface area (Å²) in [5.41, 5.74) is 0. The first kappa shape index (κ1) is 21.5. The van der Waals surface area contributed by atoms with E-state index in [1.54, 1.807) is 0 Å². The van der Waals surface area contributed by atoms with Gasteiger partial charge in [0.25, 0.3) is 0 Å². The smallest absolute Gasteiger partial charge is 0.433 e. The van der Waals surface area contributed by atoms with Crippen LogP contribution in [0.2, 0.25) is 0 Å². The molecule has 0 aromatic rings. The Morgan fingerprint density at radius 3 is 1.52 bits per heavy atom. The van der Waals surface area contributed by atoms with Crippen LogP contribution in [0.15, 0.2) is 0 Å². The second-order valence-corrected chi connectivity index (χ2v) is 5.30. The molecule has 0 N–H and O–H groups in total. The van der Waals surface area contributed by atoms with Gasteiger partial charge in [0.2, 0.25) is 0 Å². The minimum absolute atomic E-state index is 0.144. The molecule has 0 spiro atoms. The van der Waals surface area contributed by atoms with E-state index < -0.39 is 12.3 Å². The summed E-state index contributed by atoms with van der Waals surface area (Å²) in [4.78, 5) is 24.7. The molecule has 0 amide bonds.